The largest absolute Gasteiger partial charge is 0.265 e. The van der Waals surface area contributed by atoms with Gasteiger partial charge < -0.3 is 0 Å². The van der Waals surface area contributed by atoms with Gasteiger partial charge >= 0.3 is 0 Å². The lowest BCUT2D eigenvalue weighted by atomic mass is 10.2. The molecule has 3 aromatic rings. The summed E-state index contributed by atoms with van der Waals surface area (Å²) in [6.45, 7) is 6.11. The first-order valence-corrected chi connectivity index (χ1v) is 7.29. The minimum atomic E-state index is 0.275. The number of hydrogen-bond donors (Lipinski definition) is 0. The molecular weight excluding hydrogens is 270 g/mol. The highest BCUT2D eigenvalue weighted by Crippen LogP contribution is 2.32. The Morgan fingerprint density at radius 3 is 2.65 bits per heavy atom. The molecule has 3 aromatic heterocycles. The van der Waals surface area contributed by atoms with Gasteiger partial charge in [0.15, 0.2) is 0 Å². The highest BCUT2D eigenvalue weighted by atomic mass is 32.2. The van der Waals surface area contributed by atoms with E-state index in [1.807, 2.05) is 32.0 Å². The van der Waals surface area contributed by atoms with Gasteiger partial charge in [-0.3, -0.25) is 4.98 Å². The van der Waals surface area contributed by atoms with E-state index in [2.05, 4.69) is 27.0 Å². The lowest BCUT2D eigenvalue weighted by molar-refractivity contribution is 0.840. The van der Waals surface area contributed by atoms with E-state index >= 15 is 0 Å². The molecule has 0 fully saturated rings. The van der Waals surface area contributed by atoms with E-state index in [1.165, 1.54) is 5.56 Å². The predicted octanol–water partition coefficient (Wildman–Crippen LogP) is 2.99. The summed E-state index contributed by atoms with van der Waals surface area (Å²) >= 11 is 1.63. The van der Waals surface area contributed by atoms with Gasteiger partial charge in [0.05, 0.1) is 0 Å². The maximum atomic E-state index is 4.51. The van der Waals surface area contributed by atoms with Gasteiger partial charge in [-0.15, -0.1) is 5.10 Å². The van der Waals surface area contributed by atoms with Gasteiger partial charge in [0, 0.05) is 29.0 Å². The van der Waals surface area contributed by atoms with Crippen LogP contribution in [-0.2, 0) is 0 Å². The van der Waals surface area contributed by atoms with E-state index in [-0.39, 0.29) is 5.25 Å². The zero-order valence-electron chi connectivity index (χ0n) is 11.6. The number of nitrogens with zero attached hydrogens (tertiary/aromatic N) is 5. The number of rotatable bonds is 3. The van der Waals surface area contributed by atoms with E-state index < -0.39 is 0 Å². The van der Waals surface area contributed by atoms with Crippen molar-refractivity contribution in [2.45, 2.75) is 31.2 Å². The van der Waals surface area contributed by atoms with Crippen LogP contribution in [0.5, 0.6) is 0 Å². The van der Waals surface area contributed by atoms with Crippen LogP contribution < -0.4 is 0 Å². The molecule has 1 atom stereocenters. The van der Waals surface area contributed by atoms with Crippen LogP contribution in [-0.4, -0.2) is 24.6 Å². The average Bonchev–Trinajstić information content (AvgIpc) is 2.82. The van der Waals surface area contributed by atoms with Crippen molar-refractivity contribution in [1.29, 1.82) is 0 Å². The van der Waals surface area contributed by atoms with Crippen molar-refractivity contribution in [2.24, 2.45) is 0 Å². The molecule has 0 bridgehead atoms. The summed E-state index contributed by atoms with van der Waals surface area (Å²) in [7, 11) is 0. The molecule has 5 nitrogen and oxygen atoms in total. The zero-order chi connectivity index (χ0) is 14.1. The van der Waals surface area contributed by atoms with Crippen LogP contribution in [0.25, 0.3) is 5.78 Å². The molecule has 6 heteroatoms. The lowest BCUT2D eigenvalue weighted by Gasteiger charge is -2.07. The molecule has 1 unspecified atom stereocenters. The monoisotopic (exact) mass is 285 g/mol. The summed E-state index contributed by atoms with van der Waals surface area (Å²) in [6, 6.07) is 6.03. The fourth-order valence-electron chi connectivity index (χ4n) is 2.06. The van der Waals surface area contributed by atoms with Gasteiger partial charge in [-0.1, -0.05) is 11.8 Å². The van der Waals surface area contributed by atoms with E-state index in [0.29, 0.717) is 5.78 Å². The van der Waals surface area contributed by atoms with Gasteiger partial charge in [-0.05, 0) is 44.5 Å². The first-order valence-electron chi connectivity index (χ1n) is 6.41. The molecule has 0 aliphatic carbocycles. The number of hydrogen-bond acceptors (Lipinski definition) is 5. The maximum absolute atomic E-state index is 4.51. The van der Waals surface area contributed by atoms with E-state index in [4.69, 9.17) is 0 Å². The normalized spacial score (nSPS) is 12.8. The topological polar surface area (TPSA) is 56.0 Å². The van der Waals surface area contributed by atoms with E-state index in [9.17, 15) is 0 Å². The molecule has 20 heavy (non-hydrogen) atoms. The lowest BCUT2D eigenvalue weighted by Crippen LogP contribution is -1.97. The Morgan fingerprint density at radius 1 is 1.15 bits per heavy atom. The van der Waals surface area contributed by atoms with Crippen LogP contribution in [0, 0.1) is 13.8 Å². The smallest absolute Gasteiger partial charge is 0.253 e. The second-order valence-corrected chi connectivity index (χ2v) is 5.99. The van der Waals surface area contributed by atoms with Gasteiger partial charge in [0.1, 0.15) is 0 Å². The first-order chi connectivity index (χ1) is 9.63. The Hall–Kier alpha value is -1.95. The standard InChI is InChI=1S/C14H15N5S/c1-9-8-10(2)19-13(16-9)17-14(18-19)20-11(3)12-4-6-15-7-5-12/h4-8,11H,1-3H3. The number of aromatic nitrogens is 5. The van der Waals surface area contributed by atoms with Crippen LogP contribution in [0.2, 0.25) is 0 Å². The molecule has 0 aromatic carbocycles. The molecule has 0 radical (unpaired) electrons. The van der Waals surface area contributed by atoms with Gasteiger partial charge in [-0.25, -0.2) is 9.50 Å². The Bertz CT molecular complexity index is 738. The number of thioether (sulfide) groups is 1. The van der Waals surface area contributed by atoms with E-state index in [1.54, 1.807) is 28.7 Å². The summed E-state index contributed by atoms with van der Waals surface area (Å²) in [5.74, 6) is 0.659. The quantitative estimate of drug-likeness (QED) is 0.692. The SMILES string of the molecule is Cc1cc(C)n2nc(SC(C)c3ccncc3)nc2n1. The molecular formula is C14H15N5S. The van der Waals surface area contributed by atoms with Crippen molar-refractivity contribution in [3.63, 3.8) is 0 Å². The summed E-state index contributed by atoms with van der Waals surface area (Å²) in [5.41, 5.74) is 3.22. The third-order valence-electron chi connectivity index (χ3n) is 3.06. The molecule has 3 rings (SSSR count). The average molecular weight is 285 g/mol. The van der Waals surface area contributed by atoms with E-state index in [0.717, 1.165) is 16.5 Å². The number of aryl methyl sites for hydroxylation is 2. The second kappa shape index (κ2) is 5.20. The molecule has 0 saturated heterocycles. The Balaban J connectivity index is 1.90. The third kappa shape index (κ3) is 2.51. The van der Waals surface area contributed by atoms with Crippen LogP contribution in [0.15, 0.2) is 35.7 Å². The van der Waals surface area contributed by atoms with Crippen LogP contribution in [0.4, 0.5) is 0 Å². The third-order valence-corrected chi connectivity index (χ3v) is 4.07. The summed E-state index contributed by atoms with van der Waals surface area (Å²) in [5, 5.41) is 5.53. The Morgan fingerprint density at radius 2 is 1.90 bits per heavy atom. The highest BCUT2D eigenvalue weighted by Gasteiger charge is 2.13. The molecule has 0 N–H and O–H groups in total. The maximum Gasteiger partial charge on any atom is 0.253 e. The fraction of sp³-hybridized carbons (Fsp3) is 0.286. The van der Waals surface area contributed by atoms with Crippen molar-refractivity contribution < 1.29 is 0 Å². The summed E-state index contributed by atoms with van der Waals surface area (Å²) < 4.78 is 1.79. The van der Waals surface area contributed by atoms with Gasteiger partial charge in [0.2, 0.25) is 5.16 Å². The summed E-state index contributed by atoms with van der Waals surface area (Å²) in [4.78, 5) is 12.9. The van der Waals surface area contributed by atoms with Gasteiger partial charge in [-0.2, -0.15) is 4.98 Å². The molecule has 0 amide bonds. The van der Waals surface area contributed by atoms with Crippen LogP contribution in [0.1, 0.15) is 29.1 Å². The van der Waals surface area contributed by atoms with Crippen molar-refractivity contribution in [3.8, 4) is 0 Å². The molecule has 0 aliphatic rings. The minimum Gasteiger partial charge on any atom is -0.265 e. The molecule has 3 heterocycles. The summed E-state index contributed by atoms with van der Waals surface area (Å²) in [6.07, 6.45) is 3.61. The fourth-order valence-corrected chi connectivity index (χ4v) is 2.93. The molecule has 0 aliphatic heterocycles. The zero-order valence-corrected chi connectivity index (χ0v) is 12.4. The first kappa shape index (κ1) is 13.1. The van der Waals surface area contributed by atoms with Crippen molar-refractivity contribution in [1.82, 2.24) is 24.6 Å². The van der Waals surface area contributed by atoms with Crippen molar-refractivity contribution in [2.75, 3.05) is 0 Å². The second-order valence-electron chi connectivity index (χ2n) is 4.69. The number of pyridine rings is 1. The van der Waals surface area contributed by atoms with Gasteiger partial charge in [0.25, 0.3) is 5.78 Å². The van der Waals surface area contributed by atoms with Crippen LogP contribution in [0.3, 0.4) is 0 Å². The molecule has 102 valence electrons. The van der Waals surface area contributed by atoms with Crippen molar-refractivity contribution >= 4 is 17.5 Å². The minimum absolute atomic E-state index is 0.275. The highest BCUT2D eigenvalue weighted by molar-refractivity contribution is 7.99. The molecule has 0 spiro atoms. The Labute approximate surface area is 121 Å². The Kier molecular flexibility index (Phi) is 3.40. The van der Waals surface area contributed by atoms with Crippen LogP contribution >= 0.6 is 11.8 Å². The number of fused-ring (bicyclic) bond motifs is 1. The predicted molar refractivity (Wildman–Crippen MR) is 78.8 cm³/mol. The molecule has 0 saturated carbocycles. The van der Waals surface area contributed by atoms with Crippen molar-refractivity contribution in [3.05, 3.63) is 47.5 Å².